The van der Waals surface area contributed by atoms with Gasteiger partial charge in [0.05, 0.1) is 0 Å². The van der Waals surface area contributed by atoms with Crippen LogP contribution in [0, 0.1) is 10.1 Å². The Hall–Kier alpha value is -2.18. The number of aromatic nitrogens is 1. The van der Waals surface area contributed by atoms with Gasteiger partial charge in [-0.15, -0.1) is 0 Å². The maximum absolute atomic E-state index is 10.5. The Morgan fingerprint density at radius 1 is 1.73 bits per heavy atom. The van der Waals surface area contributed by atoms with Gasteiger partial charge in [-0.3, -0.25) is 0 Å². The van der Waals surface area contributed by atoms with Gasteiger partial charge in [0, 0.05) is 0 Å². The third kappa shape index (κ3) is 2.63. The number of rotatable bonds is 4. The lowest BCUT2D eigenvalue weighted by Crippen LogP contribution is -2.23. The van der Waals surface area contributed by atoms with Crippen LogP contribution in [0.2, 0.25) is 0 Å². The summed E-state index contributed by atoms with van der Waals surface area (Å²) in [6, 6.07) is 2.72. The summed E-state index contributed by atoms with van der Waals surface area (Å²) in [4.78, 5) is 23.7. The van der Waals surface area contributed by atoms with Crippen molar-refractivity contribution in [2.24, 2.45) is 0 Å². The molecule has 0 unspecified atom stereocenters. The number of carbonyl (C=O) groups is 1. The number of aliphatic carboxylic acids is 1. The number of pyridine rings is 1. The van der Waals surface area contributed by atoms with Gasteiger partial charge in [0.1, 0.15) is 6.20 Å². The molecule has 0 fully saturated rings. The van der Waals surface area contributed by atoms with Crippen molar-refractivity contribution < 1.29 is 19.6 Å². The molecule has 80 valence electrons. The lowest BCUT2D eigenvalue weighted by Gasteiger charge is -2.09. The Labute approximate surface area is 84.5 Å². The number of hydrogen-bond acceptors (Lipinski definition) is 5. The van der Waals surface area contributed by atoms with Crippen molar-refractivity contribution in [1.29, 1.82) is 0 Å². The number of nitrogens with zero attached hydrogens (tertiary/aromatic N) is 2. The summed E-state index contributed by atoms with van der Waals surface area (Å²) in [5, 5.41) is 19.0. The monoisotopic (exact) mass is 212 g/mol. The molecule has 0 radical (unpaired) electrons. The van der Waals surface area contributed by atoms with Crippen LogP contribution in [0.4, 0.5) is 5.82 Å². The predicted octanol–water partition coefficient (Wildman–Crippen LogP) is 0.842. The third-order valence-corrected chi connectivity index (χ3v) is 1.58. The molecule has 0 saturated heterocycles. The Kier molecular flexibility index (Phi) is 3.17. The maximum Gasteiger partial charge on any atom is 0.406 e. The number of nitro groups is 1. The van der Waals surface area contributed by atoms with Gasteiger partial charge in [0.15, 0.2) is 6.10 Å². The highest BCUT2D eigenvalue weighted by molar-refractivity contribution is 5.72. The molecule has 0 amide bonds. The van der Waals surface area contributed by atoms with E-state index in [1.807, 2.05) is 0 Å². The quantitative estimate of drug-likeness (QED) is 0.586. The van der Waals surface area contributed by atoms with Gasteiger partial charge in [-0.1, -0.05) is 0 Å². The summed E-state index contributed by atoms with van der Waals surface area (Å²) < 4.78 is 4.86. The van der Waals surface area contributed by atoms with Crippen molar-refractivity contribution in [1.82, 2.24) is 4.98 Å². The van der Waals surface area contributed by atoms with Crippen LogP contribution in [-0.4, -0.2) is 27.1 Å². The lowest BCUT2D eigenvalue weighted by atomic mass is 10.4. The average molecular weight is 212 g/mol. The molecule has 1 aromatic rings. The van der Waals surface area contributed by atoms with Crippen LogP contribution < -0.4 is 4.74 Å². The van der Waals surface area contributed by atoms with Crippen molar-refractivity contribution >= 4 is 11.8 Å². The minimum atomic E-state index is -1.20. The van der Waals surface area contributed by atoms with E-state index in [0.717, 1.165) is 0 Å². The summed E-state index contributed by atoms with van der Waals surface area (Å²) in [7, 11) is 0. The molecule has 1 heterocycles. The summed E-state index contributed by atoms with van der Waals surface area (Å²) in [5.74, 6) is -1.85. The second-order valence-corrected chi connectivity index (χ2v) is 2.68. The van der Waals surface area contributed by atoms with Gasteiger partial charge in [-0.25, -0.2) is 4.79 Å². The van der Waals surface area contributed by atoms with Crippen LogP contribution in [0.15, 0.2) is 18.3 Å². The van der Waals surface area contributed by atoms with E-state index >= 15 is 0 Å². The molecule has 1 N–H and O–H groups in total. The highest BCUT2D eigenvalue weighted by atomic mass is 16.6. The van der Waals surface area contributed by atoms with E-state index in [4.69, 9.17) is 9.84 Å². The second kappa shape index (κ2) is 4.36. The van der Waals surface area contributed by atoms with Crippen molar-refractivity contribution in [2.45, 2.75) is 13.0 Å². The number of ether oxygens (including phenoxy) is 1. The Morgan fingerprint density at radius 2 is 2.40 bits per heavy atom. The van der Waals surface area contributed by atoms with Crippen molar-refractivity contribution in [3.05, 3.63) is 28.4 Å². The van der Waals surface area contributed by atoms with Crippen LogP contribution in [0.25, 0.3) is 0 Å². The molecule has 7 nitrogen and oxygen atoms in total. The van der Waals surface area contributed by atoms with Gasteiger partial charge < -0.3 is 20.0 Å². The van der Waals surface area contributed by atoms with E-state index in [2.05, 4.69) is 4.98 Å². The zero-order valence-electron chi connectivity index (χ0n) is 7.78. The molecule has 15 heavy (non-hydrogen) atoms. The Bertz CT molecular complexity index is 392. The van der Waals surface area contributed by atoms with E-state index in [1.165, 1.54) is 25.3 Å². The van der Waals surface area contributed by atoms with Gasteiger partial charge in [-0.2, -0.15) is 0 Å². The van der Waals surface area contributed by atoms with E-state index < -0.39 is 22.8 Å². The van der Waals surface area contributed by atoms with E-state index in [0.29, 0.717) is 0 Å². The minimum absolute atomic E-state index is 0.155. The molecule has 0 bridgehead atoms. The lowest BCUT2D eigenvalue weighted by molar-refractivity contribution is -0.390. The zero-order valence-corrected chi connectivity index (χ0v) is 7.78. The third-order valence-electron chi connectivity index (χ3n) is 1.58. The minimum Gasteiger partial charge on any atom is -0.479 e. The summed E-state index contributed by atoms with van der Waals surface area (Å²) in [6.45, 7) is 1.28. The average Bonchev–Trinajstić information content (AvgIpc) is 2.18. The number of carboxylic acids is 1. The van der Waals surface area contributed by atoms with Crippen LogP contribution in [0.3, 0.4) is 0 Å². The molecule has 0 aliphatic carbocycles. The largest absolute Gasteiger partial charge is 0.479 e. The van der Waals surface area contributed by atoms with E-state index in [9.17, 15) is 14.9 Å². The van der Waals surface area contributed by atoms with E-state index in [-0.39, 0.29) is 5.75 Å². The fourth-order valence-electron chi connectivity index (χ4n) is 0.852. The molecule has 0 aromatic carbocycles. The highest BCUT2D eigenvalue weighted by Crippen LogP contribution is 2.23. The van der Waals surface area contributed by atoms with Crippen LogP contribution in [0.1, 0.15) is 6.92 Å². The molecular weight excluding hydrogens is 204 g/mol. The fourth-order valence-corrected chi connectivity index (χ4v) is 0.852. The first-order valence-corrected chi connectivity index (χ1v) is 4.01. The first-order valence-electron chi connectivity index (χ1n) is 4.01. The molecule has 1 atom stereocenters. The summed E-state index contributed by atoms with van der Waals surface area (Å²) >= 11 is 0. The highest BCUT2D eigenvalue weighted by Gasteiger charge is 2.20. The predicted molar refractivity (Wildman–Crippen MR) is 48.6 cm³/mol. The van der Waals surface area contributed by atoms with Crippen LogP contribution in [0.5, 0.6) is 5.75 Å². The van der Waals surface area contributed by atoms with Crippen molar-refractivity contribution in [3.8, 4) is 5.75 Å². The van der Waals surface area contributed by atoms with E-state index in [1.54, 1.807) is 0 Å². The fraction of sp³-hybridized carbons (Fsp3) is 0.250. The zero-order chi connectivity index (χ0) is 11.4. The summed E-state index contributed by atoms with van der Waals surface area (Å²) in [5.41, 5.74) is 0. The Morgan fingerprint density at radius 3 is 2.93 bits per heavy atom. The smallest absolute Gasteiger partial charge is 0.406 e. The van der Waals surface area contributed by atoms with Crippen molar-refractivity contribution in [2.75, 3.05) is 0 Å². The van der Waals surface area contributed by atoms with Gasteiger partial charge in [0.2, 0.25) is 5.75 Å². The SMILES string of the molecule is C[C@H](Oc1cccnc1[N+](=O)[O-])C(=O)O. The standard InChI is InChI=1S/C8H8N2O5/c1-5(8(11)12)15-6-3-2-4-9-7(6)10(13)14/h2-5H,1H3,(H,11,12)/t5-/m0/s1. The number of hydrogen-bond donors (Lipinski definition) is 1. The second-order valence-electron chi connectivity index (χ2n) is 2.68. The first kappa shape index (κ1) is 10.9. The first-order chi connectivity index (χ1) is 7.02. The molecule has 0 aliphatic heterocycles. The number of carboxylic acid groups (broad SMARTS) is 1. The molecular formula is C8H8N2O5. The van der Waals surface area contributed by atoms with Gasteiger partial charge in [0.25, 0.3) is 0 Å². The molecule has 7 heteroatoms. The van der Waals surface area contributed by atoms with Gasteiger partial charge >= 0.3 is 11.8 Å². The molecule has 0 saturated carbocycles. The van der Waals surface area contributed by atoms with Crippen LogP contribution in [-0.2, 0) is 4.79 Å². The molecule has 1 aromatic heterocycles. The normalized spacial score (nSPS) is 11.8. The molecule has 0 spiro atoms. The maximum atomic E-state index is 10.5. The van der Waals surface area contributed by atoms with Gasteiger partial charge in [-0.05, 0) is 29.0 Å². The van der Waals surface area contributed by atoms with Crippen LogP contribution >= 0.6 is 0 Å². The summed E-state index contributed by atoms with van der Waals surface area (Å²) in [6.07, 6.45) is 0.0732. The topological polar surface area (TPSA) is 103 Å². The van der Waals surface area contributed by atoms with Crippen molar-refractivity contribution in [3.63, 3.8) is 0 Å². The Balaban J connectivity index is 2.94. The molecule has 0 aliphatic rings. The molecule has 1 rings (SSSR count).